The predicted octanol–water partition coefficient (Wildman–Crippen LogP) is 3.87. The fourth-order valence-corrected chi connectivity index (χ4v) is 2.98. The van der Waals surface area contributed by atoms with Gasteiger partial charge < -0.3 is 9.47 Å². The van der Waals surface area contributed by atoms with Crippen LogP contribution in [0.5, 0.6) is 11.5 Å². The van der Waals surface area contributed by atoms with Gasteiger partial charge in [0, 0.05) is 5.56 Å². The number of hydrogen-bond donors (Lipinski definition) is 1. The molecule has 0 radical (unpaired) electrons. The molecule has 0 aliphatic rings. The lowest BCUT2D eigenvalue weighted by Gasteiger charge is -2.15. The van der Waals surface area contributed by atoms with Crippen LogP contribution in [0.3, 0.4) is 0 Å². The summed E-state index contributed by atoms with van der Waals surface area (Å²) in [6.07, 6.45) is 2.13. The molecule has 8 heteroatoms. The molecule has 0 aliphatic heterocycles. The summed E-state index contributed by atoms with van der Waals surface area (Å²) in [5.41, 5.74) is 2.92. The van der Waals surface area contributed by atoms with Gasteiger partial charge in [-0.05, 0) is 36.6 Å². The van der Waals surface area contributed by atoms with Crippen LogP contribution in [0, 0.1) is 5.92 Å². The quantitative estimate of drug-likeness (QED) is 0.633. The van der Waals surface area contributed by atoms with Crippen molar-refractivity contribution in [1.82, 2.24) is 9.66 Å². The molecule has 1 amide bonds. The summed E-state index contributed by atoms with van der Waals surface area (Å²) in [5, 5.41) is 0.655. The Hall–Kier alpha value is -3.06. The number of benzene rings is 2. The highest BCUT2D eigenvalue weighted by molar-refractivity contribution is 6.32. The molecular weight excluding hydrogens is 394 g/mol. The van der Waals surface area contributed by atoms with E-state index in [0.29, 0.717) is 34.9 Å². The number of carbonyl (C=O) groups is 1. The van der Waals surface area contributed by atoms with Crippen LogP contribution in [0.4, 0.5) is 0 Å². The average Bonchev–Trinajstić information content (AvgIpc) is 2.70. The van der Waals surface area contributed by atoms with Crippen molar-refractivity contribution in [2.24, 2.45) is 5.92 Å². The van der Waals surface area contributed by atoms with Gasteiger partial charge >= 0.3 is 0 Å². The summed E-state index contributed by atoms with van der Waals surface area (Å²) in [6, 6.07) is 9.90. The Labute approximate surface area is 173 Å². The van der Waals surface area contributed by atoms with E-state index in [0.717, 1.165) is 11.1 Å². The zero-order chi connectivity index (χ0) is 21.0. The fourth-order valence-electron chi connectivity index (χ4n) is 2.71. The number of amides is 1. The molecule has 0 fully saturated rings. The standard InChI is InChI=1S/C21H22ClN3O4/c1-13(2)8-9-29-19-16(22)10-14(11-18(19)28-3)20(26)24-25-12-23-17-7-5-4-6-15(17)21(25)27/h4-7,10-13H,8-9H2,1-3H3,(H,24,26). The summed E-state index contributed by atoms with van der Waals surface area (Å²) in [4.78, 5) is 29.4. The van der Waals surface area contributed by atoms with Gasteiger partial charge in [-0.2, -0.15) is 0 Å². The largest absolute Gasteiger partial charge is 0.493 e. The molecule has 0 saturated heterocycles. The molecule has 0 bridgehead atoms. The van der Waals surface area contributed by atoms with Crippen LogP contribution in [0.25, 0.3) is 10.9 Å². The molecule has 2 aromatic carbocycles. The van der Waals surface area contributed by atoms with E-state index in [1.807, 2.05) is 0 Å². The van der Waals surface area contributed by atoms with Crippen molar-refractivity contribution in [2.75, 3.05) is 19.1 Å². The highest BCUT2D eigenvalue weighted by Gasteiger charge is 2.17. The van der Waals surface area contributed by atoms with Crippen molar-refractivity contribution < 1.29 is 14.3 Å². The molecule has 0 aliphatic carbocycles. The van der Waals surface area contributed by atoms with Crippen molar-refractivity contribution in [1.29, 1.82) is 0 Å². The summed E-state index contributed by atoms with van der Waals surface area (Å²) < 4.78 is 12.1. The molecule has 152 valence electrons. The molecule has 1 N–H and O–H groups in total. The van der Waals surface area contributed by atoms with Gasteiger partial charge in [-0.3, -0.25) is 15.0 Å². The van der Waals surface area contributed by atoms with Gasteiger partial charge in [0.2, 0.25) is 0 Å². The second-order valence-corrected chi connectivity index (χ2v) is 7.31. The third kappa shape index (κ3) is 4.68. The zero-order valence-corrected chi connectivity index (χ0v) is 17.2. The molecule has 7 nitrogen and oxygen atoms in total. The normalized spacial score (nSPS) is 10.9. The van der Waals surface area contributed by atoms with Crippen molar-refractivity contribution >= 4 is 28.4 Å². The van der Waals surface area contributed by atoms with E-state index >= 15 is 0 Å². The Morgan fingerprint density at radius 2 is 2.03 bits per heavy atom. The summed E-state index contributed by atoms with van der Waals surface area (Å²) in [6.45, 7) is 4.68. The van der Waals surface area contributed by atoms with E-state index in [4.69, 9.17) is 21.1 Å². The minimum Gasteiger partial charge on any atom is -0.493 e. The Bertz CT molecular complexity index is 1090. The number of rotatable bonds is 7. The van der Waals surface area contributed by atoms with Gasteiger partial charge in [0.25, 0.3) is 11.5 Å². The Balaban J connectivity index is 1.85. The molecule has 0 spiro atoms. The SMILES string of the molecule is COc1cc(C(=O)Nn2cnc3ccccc3c2=O)cc(Cl)c1OCCC(C)C. The molecule has 29 heavy (non-hydrogen) atoms. The number of fused-ring (bicyclic) bond motifs is 1. The van der Waals surface area contributed by atoms with Crippen LogP contribution < -0.4 is 20.5 Å². The van der Waals surface area contributed by atoms with Crippen molar-refractivity contribution in [3.63, 3.8) is 0 Å². The molecular formula is C21H22ClN3O4. The van der Waals surface area contributed by atoms with Crippen LogP contribution in [-0.2, 0) is 0 Å². The molecule has 1 aromatic heterocycles. The number of nitrogens with zero attached hydrogens (tertiary/aromatic N) is 2. The van der Waals surface area contributed by atoms with Gasteiger partial charge in [-0.25, -0.2) is 9.66 Å². The summed E-state index contributed by atoms with van der Waals surface area (Å²) >= 11 is 6.32. The number of hydrogen-bond acceptors (Lipinski definition) is 5. The van der Waals surface area contributed by atoms with Crippen LogP contribution in [0.15, 0.2) is 47.5 Å². The van der Waals surface area contributed by atoms with E-state index in [2.05, 4.69) is 24.3 Å². The first-order valence-corrected chi connectivity index (χ1v) is 9.56. The van der Waals surface area contributed by atoms with Crippen molar-refractivity contribution in [2.45, 2.75) is 20.3 Å². The molecule has 0 unspecified atom stereocenters. The van der Waals surface area contributed by atoms with Crippen molar-refractivity contribution in [3.8, 4) is 11.5 Å². The second-order valence-electron chi connectivity index (χ2n) is 6.90. The first-order chi connectivity index (χ1) is 13.9. The number of carbonyl (C=O) groups excluding carboxylic acids is 1. The predicted molar refractivity (Wildman–Crippen MR) is 113 cm³/mol. The van der Waals surface area contributed by atoms with Crippen molar-refractivity contribution in [3.05, 3.63) is 63.7 Å². The lowest BCUT2D eigenvalue weighted by atomic mass is 10.1. The Morgan fingerprint density at radius 3 is 2.76 bits per heavy atom. The molecule has 0 saturated carbocycles. The number of halogens is 1. The average molecular weight is 416 g/mol. The highest BCUT2D eigenvalue weighted by atomic mass is 35.5. The van der Waals surface area contributed by atoms with Crippen LogP contribution >= 0.6 is 11.6 Å². The number of methoxy groups -OCH3 is 1. The lowest BCUT2D eigenvalue weighted by molar-refractivity contribution is 0.101. The Morgan fingerprint density at radius 1 is 1.28 bits per heavy atom. The van der Waals surface area contributed by atoms with Gasteiger partial charge in [0.15, 0.2) is 11.5 Å². The van der Waals surface area contributed by atoms with Gasteiger partial charge in [0.1, 0.15) is 6.33 Å². The van der Waals surface area contributed by atoms with Crippen LogP contribution in [0.2, 0.25) is 5.02 Å². The van der Waals surface area contributed by atoms with Crippen LogP contribution in [-0.4, -0.2) is 29.3 Å². The number of nitrogens with one attached hydrogen (secondary N) is 1. The zero-order valence-electron chi connectivity index (χ0n) is 16.4. The smallest absolute Gasteiger partial charge is 0.280 e. The Kier molecular flexibility index (Phi) is 6.39. The monoisotopic (exact) mass is 415 g/mol. The molecule has 3 rings (SSSR count). The summed E-state index contributed by atoms with van der Waals surface area (Å²) in [5.74, 6) is 0.683. The van der Waals surface area contributed by atoms with Crippen LogP contribution in [0.1, 0.15) is 30.6 Å². The third-order valence-corrected chi connectivity index (χ3v) is 4.60. The minimum atomic E-state index is -0.530. The van der Waals surface area contributed by atoms with Gasteiger partial charge in [0.05, 0.1) is 29.6 Å². The van der Waals surface area contributed by atoms with E-state index < -0.39 is 5.91 Å². The second kappa shape index (κ2) is 8.96. The third-order valence-electron chi connectivity index (χ3n) is 4.32. The topological polar surface area (TPSA) is 82.5 Å². The minimum absolute atomic E-state index is 0.225. The van der Waals surface area contributed by atoms with E-state index in [1.165, 1.54) is 25.6 Å². The molecule has 3 aromatic rings. The molecule has 1 heterocycles. The first-order valence-electron chi connectivity index (χ1n) is 9.18. The summed E-state index contributed by atoms with van der Waals surface area (Å²) in [7, 11) is 1.47. The van der Waals surface area contributed by atoms with E-state index in [1.54, 1.807) is 24.3 Å². The van der Waals surface area contributed by atoms with Gasteiger partial charge in [-0.1, -0.05) is 37.6 Å². The van der Waals surface area contributed by atoms with Gasteiger partial charge in [-0.15, -0.1) is 0 Å². The maximum absolute atomic E-state index is 12.7. The first kappa shape index (κ1) is 20.7. The maximum atomic E-state index is 12.7. The fraction of sp³-hybridized carbons (Fsp3) is 0.286. The lowest BCUT2D eigenvalue weighted by Crippen LogP contribution is -2.33. The number of aromatic nitrogens is 2. The van der Waals surface area contributed by atoms with E-state index in [-0.39, 0.29) is 16.1 Å². The molecule has 0 atom stereocenters. The number of ether oxygens (including phenoxy) is 2. The number of para-hydroxylation sites is 1. The van der Waals surface area contributed by atoms with E-state index in [9.17, 15) is 9.59 Å². The highest BCUT2D eigenvalue weighted by Crippen LogP contribution is 2.36. The maximum Gasteiger partial charge on any atom is 0.280 e.